The van der Waals surface area contributed by atoms with Crippen molar-refractivity contribution in [3.63, 3.8) is 0 Å². The molecule has 2 rings (SSSR count). The average Bonchev–Trinajstić information content (AvgIpc) is 2.26. The summed E-state index contributed by atoms with van der Waals surface area (Å²) in [7, 11) is 0. The second-order valence-corrected chi connectivity index (χ2v) is 6.21. The van der Waals surface area contributed by atoms with Crippen LogP contribution in [-0.2, 0) is 9.53 Å². The van der Waals surface area contributed by atoms with Crippen LogP contribution in [-0.4, -0.2) is 53.9 Å². The molecule has 1 amide bonds. The van der Waals surface area contributed by atoms with Crippen LogP contribution in [0.1, 0.15) is 33.1 Å². The first kappa shape index (κ1) is 13.8. The molecule has 1 aliphatic heterocycles. The Morgan fingerprint density at radius 1 is 1.50 bits per heavy atom. The summed E-state index contributed by atoms with van der Waals surface area (Å²) < 4.78 is 5.73. The molecule has 0 aromatic rings. The van der Waals surface area contributed by atoms with E-state index >= 15 is 0 Å². The molecule has 0 spiro atoms. The topological polar surface area (TPSA) is 75.8 Å². The van der Waals surface area contributed by atoms with Gasteiger partial charge in [-0.05, 0) is 26.7 Å². The summed E-state index contributed by atoms with van der Waals surface area (Å²) in [5, 5.41) is 9.27. The Bertz CT molecular complexity index is 321. The largest absolute Gasteiger partial charge is 0.394 e. The summed E-state index contributed by atoms with van der Waals surface area (Å²) in [6, 6.07) is 0. The number of morpholine rings is 1. The molecular weight excluding hydrogens is 232 g/mol. The molecule has 5 nitrogen and oxygen atoms in total. The number of amides is 1. The van der Waals surface area contributed by atoms with E-state index < -0.39 is 5.60 Å². The van der Waals surface area contributed by atoms with Gasteiger partial charge in [-0.25, -0.2) is 0 Å². The Labute approximate surface area is 108 Å². The van der Waals surface area contributed by atoms with Crippen molar-refractivity contribution < 1.29 is 14.6 Å². The molecule has 0 bridgehead atoms. The first-order valence-electron chi connectivity index (χ1n) is 6.71. The highest BCUT2D eigenvalue weighted by molar-refractivity contribution is 5.84. The van der Waals surface area contributed by atoms with Gasteiger partial charge in [0.25, 0.3) is 0 Å². The molecule has 1 saturated carbocycles. The fourth-order valence-corrected chi connectivity index (χ4v) is 2.99. The van der Waals surface area contributed by atoms with E-state index in [1.807, 2.05) is 18.7 Å². The lowest BCUT2D eigenvalue weighted by Crippen LogP contribution is -2.61. The second-order valence-electron chi connectivity index (χ2n) is 6.21. The molecule has 2 aliphatic rings. The Kier molecular flexibility index (Phi) is 3.67. The predicted molar refractivity (Wildman–Crippen MR) is 68.0 cm³/mol. The maximum absolute atomic E-state index is 12.6. The molecule has 104 valence electrons. The van der Waals surface area contributed by atoms with Crippen LogP contribution in [0.5, 0.6) is 0 Å². The third kappa shape index (κ3) is 2.39. The molecule has 1 aliphatic carbocycles. The van der Waals surface area contributed by atoms with Gasteiger partial charge >= 0.3 is 0 Å². The lowest BCUT2D eigenvalue weighted by molar-refractivity contribution is -0.177. The van der Waals surface area contributed by atoms with Gasteiger partial charge in [-0.2, -0.15) is 0 Å². The summed E-state index contributed by atoms with van der Waals surface area (Å²) in [5.41, 5.74) is 5.04. The van der Waals surface area contributed by atoms with Gasteiger partial charge in [0.15, 0.2) is 0 Å². The van der Waals surface area contributed by atoms with E-state index in [0.29, 0.717) is 19.6 Å². The van der Waals surface area contributed by atoms with Crippen molar-refractivity contribution in [2.75, 3.05) is 26.2 Å². The monoisotopic (exact) mass is 256 g/mol. The van der Waals surface area contributed by atoms with Gasteiger partial charge in [0.2, 0.25) is 5.91 Å². The number of hydrogen-bond acceptors (Lipinski definition) is 4. The molecule has 2 fully saturated rings. The highest BCUT2D eigenvalue weighted by Gasteiger charge is 2.47. The summed E-state index contributed by atoms with van der Waals surface area (Å²) in [6.45, 7) is 5.32. The first-order valence-corrected chi connectivity index (χ1v) is 6.71. The smallest absolute Gasteiger partial charge is 0.230 e. The fraction of sp³-hybridized carbons (Fsp3) is 0.923. The molecule has 1 unspecified atom stereocenters. The van der Waals surface area contributed by atoms with Gasteiger partial charge in [0.1, 0.15) is 0 Å². The second kappa shape index (κ2) is 4.79. The molecule has 1 atom stereocenters. The van der Waals surface area contributed by atoms with Gasteiger partial charge in [-0.15, -0.1) is 0 Å². The van der Waals surface area contributed by atoms with Crippen molar-refractivity contribution >= 4 is 5.91 Å². The third-order valence-electron chi connectivity index (χ3n) is 4.13. The van der Waals surface area contributed by atoms with Crippen LogP contribution >= 0.6 is 0 Å². The van der Waals surface area contributed by atoms with E-state index in [9.17, 15) is 9.90 Å². The number of ether oxygens (including phenoxy) is 1. The highest BCUT2D eigenvalue weighted by atomic mass is 16.5. The van der Waals surface area contributed by atoms with E-state index in [4.69, 9.17) is 10.5 Å². The highest BCUT2D eigenvalue weighted by Crippen LogP contribution is 2.42. The van der Waals surface area contributed by atoms with Crippen LogP contribution in [0.3, 0.4) is 0 Å². The number of hydrogen-bond donors (Lipinski definition) is 2. The average molecular weight is 256 g/mol. The molecule has 1 heterocycles. The number of nitrogens with zero attached hydrogens (tertiary/aromatic N) is 1. The van der Waals surface area contributed by atoms with Crippen LogP contribution in [0.2, 0.25) is 0 Å². The van der Waals surface area contributed by atoms with Gasteiger partial charge in [0, 0.05) is 19.6 Å². The summed E-state index contributed by atoms with van der Waals surface area (Å²) in [6.07, 6.45) is 2.58. The zero-order valence-electron chi connectivity index (χ0n) is 11.3. The maximum Gasteiger partial charge on any atom is 0.230 e. The number of carbonyl (C=O) groups excluding carboxylic acids is 1. The lowest BCUT2D eigenvalue weighted by Gasteiger charge is -2.48. The summed E-state index contributed by atoms with van der Waals surface area (Å²) >= 11 is 0. The van der Waals surface area contributed by atoms with Crippen LogP contribution < -0.4 is 5.73 Å². The molecule has 18 heavy (non-hydrogen) atoms. The van der Waals surface area contributed by atoms with Crippen LogP contribution in [0.25, 0.3) is 0 Å². The van der Waals surface area contributed by atoms with E-state index in [2.05, 4.69) is 0 Å². The minimum atomic E-state index is -0.402. The molecule has 0 aromatic carbocycles. The number of nitrogens with two attached hydrogens (primary N) is 1. The third-order valence-corrected chi connectivity index (χ3v) is 4.13. The van der Waals surface area contributed by atoms with E-state index in [0.717, 1.165) is 19.3 Å². The molecule has 3 N–H and O–H groups in total. The van der Waals surface area contributed by atoms with Crippen molar-refractivity contribution in [3.8, 4) is 0 Å². The van der Waals surface area contributed by atoms with Crippen molar-refractivity contribution in [1.29, 1.82) is 0 Å². The molecule has 1 saturated heterocycles. The summed E-state index contributed by atoms with van der Waals surface area (Å²) in [4.78, 5) is 14.4. The number of aliphatic hydroxyl groups excluding tert-OH is 1. The van der Waals surface area contributed by atoms with Gasteiger partial charge in [0.05, 0.1) is 23.7 Å². The number of aliphatic hydroxyl groups is 1. The van der Waals surface area contributed by atoms with E-state index in [1.165, 1.54) is 0 Å². The predicted octanol–water partition coefficient (Wildman–Crippen LogP) is 0.114. The van der Waals surface area contributed by atoms with Crippen molar-refractivity contribution in [2.24, 2.45) is 11.1 Å². The molecular formula is C13H24N2O3. The Morgan fingerprint density at radius 3 is 2.61 bits per heavy atom. The van der Waals surface area contributed by atoms with Gasteiger partial charge < -0.3 is 20.5 Å². The SMILES string of the molecule is CC1(C)CN(C(=O)C2(CN)CCC2)CC(CO)O1. The first-order chi connectivity index (χ1) is 8.42. The fourth-order valence-electron chi connectivity index (χ4n) is 2.99. The van der Waals surface area contributed by atoms with Crippen LogP contribution in [0.4, 0.5) is 0 Å². The quantitative estimate of drug-likeness (QED) is 0.751. The Hall–Kier alpha value is -0.650. The zero-order chi connectivity index (χ0) is 13.4. The lowest BCUT2D eigenvalue weighted by atomic mass is 9.67. The minimum absolute atomic E-state index is 0.0527. The summed E-state index contributed by atoms with van der Waals surface area (Å²) in [5.74, 6) is 0.145. The van der Waals surface area contributed by atoms with Gasteiger partial charge in [-0.1, -0.05) is 6.42 Å². The Balaban J connectivity index is 2.09. The maximum atomic E-state index is 12.6. The standard InChI is InChI=1S/C13H24N2O3/c1-12(2)9-15(6-10(7-16)18-12)11(17)13(8-14)4-3-5-13/h10,16H,3-9,14H2,1-2H3. The van der Waals surface area contributed by atoms with E-state index in [1.54, 1.807) is 0 Å². The van der Waals surface area contributed by atoms with Crippen molar-refractivity contribution in [3.05, 3.63) is 0 Å². The molecule has 0 radical (unpaired) electrons. The van der Waals surface area contributed by atoms with Crippen LogP contribution in [0.15, 0.2) is 0 Å². The van der Waals surface area contributed by atoms with Crippen molar-refractivity contribution in [1.82, 2.24) is 4.90 Å². The Morgan fingerprint density at radius 2 is 2.17 bits per heavy atom. The number of carbonyl (C=O) groups is 1. The number of rotatable bonds is 3. The zero-order valence-corrected chi connectivity index (χ0v) is 11.3. The van der Waals surface area contributed by atoms with Crippen molar-refractivity contribution in [2.45, 2.75) is 44.8 Å². The minimum Gasteiger partial charge on any atom is -0.394 e. The van der Waals surface area contributed by atoms with Gasteiger partial charge in [-0.3, -0.25) is 4.79 Å². The molecule has 0 aromatic heterocycles. The normalized spacial score (nSPS) is 29.8. The van der Waals surface area contributed by atoms with Crippen LogP contribution in [0, 0.1) is 5.41 Å². The molecule has 5 heteroatoms. The van der Waals surface area contributed by atoms with E-state index in [-0.39, 0.29) is 24.0 Å².